The topological polar surface area (TPSA) is 15.3 Å². The van der Waals surface area contributed by atoms with Crippen LogP contribution in [-0.2, 0) is 0 Å². The third kappa shape index (κ3) is 4.32. The fourth-order valence-corrected chi connectivity index (χ4v) is 3.18. The van der Waals surface area contributed by atoms with Crippen LogP contribution < -0.4 is 5.32 Å². The maximum atomic E-state index is 3.63. The molecule has 1 atom stereocenters. The predicted molar refractivity (Wildman–Crippen MR) is 82.3 cm³/mol. The Labute approximate surface area is 118 Å². The quantitative estimate of drug-likeness (QED) is 0.872. The van der Waals surface area contributed by atoms with E-state index < -0.39 is 0 Å². The molecule has 2 nitrogen and oxygen atoms in total. The van der Waals surface area contributed by atoms with E-state index in [0.29, 0.717) is 11.5 Å². The zero-order valence-corrected chi connectivity index (χ0v) is 12.7. The Balaban J connectivity index is 2.01. The first-order valence-corrected chi connectivity index (χ1v) is 7.61. The van der Waals surface area contributed by atoms with E-state index in [2.05, 4.69) is 61.3 Å². The lowest BCUT2D eigenvalue weighted by molar-refractivity contribution is 0.108. The SMILES string of the molecule is CCNC(CN1CCCC(C)(C)C1)c1ccccc1. The molecular weight excluding hydrogens is 232 g/mol. The number of likely N-dealkylation sites (tertiary alicyclic amines) is 1. The van der Waals surface area contributed by atoms with Crippen molar-refractivity contribution in [1.82, 2.24) is 10.2 Å². The molecule has 0 saturated carbocycles. The largest absolute Gasteiger partial charge is 0.309 e. The minimum atomic E-state index is 0.458. The third-order valence-electron chi connectivity index (χ3n) is 4.07. The molecule has 0 spiro atoms. The zero-order chi connectivity index (χ0) is 13.7. The molecule has 1 N–H and O–H groups in total. The minimum Gasteiger partial charge on any atom is -0.309 e. The average Bonchev–Trinajstić information content (AvgIpc) is 2.38. The van der Waals surface area contributed by atoms with Gasteiger partial charge in [0.05, 0.1) is 0 Å². The minimum absolute atomic E-state index is 0.458. The summed E-state index contributed by atoms with van der Waals surface area (Å²) in [6, 6.07) is 11.3. The molecule has 2 rings (SSSR count). The van der Waals surface area contributed by atoms with Crippen LogP contribution in [0.2, 0.25) is 0 Å². The van der Waals surface area contributed by atoms with Gasteiger partial charge in [0.2, 0.25) is 0 Å². The van der Waals surface area contributed by atoms with Crippen LogP contribution in [-0.4, -0.2) is 31.1 Å². The number of nitrogens with zero attached hydrogens (tertiary/aromatic N) is 1. The Morgan fingerprint density at radius 2 is 2.00 bits per heavy atom. The standard InChI is InChI=1S/C17H28N2/c1-4-18-16(15-9-6-5-7-10-15)13-19-12-8-11-17(2,3)14-19/h5-7,9-10,16,18H,4,8,11-14H2,1-3H3. The van der Waals surface area contributed by atoms with E-state index in [1.807, 2.05) is 0 Å². The van der Waals surface area contributed by atoms with Gasteiger partial charge in [-0.05, 0) is 36.9 Å². The number of nitrogens with one attached hydrogen (secondary N) is 1. The Kier molecular flexibility index (Phi) is 5.00. The molecule has 0 aliphatic carbocycles. The molecule has 1 unspecified atom stereocenters. The van der Waals surface area contributed by atoms with E-state index in [0.717, 1.165) is 13.1 Å². The first-order valence-electron chi connectivity index (χ1n) is 7.61. The van der Waals surface area contributed by atoms with E-state index in [1.165, 1.54) is 31.5 Å². The number of benzene rings is 1. The predicted octanol–water partition coefficient (Wildman–Crippen LogP) is 3.46. The van der Waals surface area contributed by atoms with Crippen LogP contribution in [0.5, 0.6) is 0 Å². The normalized spacial score (nSPS) is 21.2. The van der Waals surface area contributed by atoms with Crippen molar-refractivity contribution in [1.29, 1.82) is 0 Å². The van der Waals surface area contributed by atoms with Gasteiger partial charge in [-0.15, -0.1) is 0 Å². The number of piperidine rings is 1. The number of likely N-dealkylation sites (N-methyl/N-ethyl adjacent to an activating group) is 1. The highest BCUT2D eigenvalue weighted by Crippen LogP contribution is 2.29. The molecule has 0 radical (unpaired) electrons. The summed E-state index contributed by atoms with van der Waals surface area (Å²) in [5, 5.41) is 3.63. The van der Waals surface area contributed by atoms with Crippen LogP contribution in [0.15, 0.2) is 30.3 Å². The Bertz CT molecular complexity index is 372. The lowest BCUT2D eigenvalue weighted by Crippen LogP contribution is -2.44. The van der Waals surface area contributed by atoms with Crippen molar-refractivity contribution in [2.24, 2.45) is 5.41 Å². The van der Waals surface area contributed by atoms with Crippen LogP contribution in [0, 0.1) is 5.41 Å². The molecule has 1 aromatic carbocycles. The summed E-state index contributed by atoms with van der Waals surface area (Å²) in [5.41, 5.74) is 1.89. The number of hydrogen-bond acceptors (Lipinski definition) is 2. The molecular formula is C17H28N2. The van der Waals surface area contributed by atoms with Crippen LogP contribution in [0.1, 0.15) is 45.2 Å². The summed E-state index contributed by atoms with van der Waals surface area (Å²) < 4.78 is 0. The van der Waals surface area contributed by atoms with Crippen LogP contribution in [0.3, 0.4) is 0 Å². The van der Waals surface area contributed by atoms with Gasteiger partial charge < -0.3 is 10.2 Å². The smallest absolute Gasteiger partial charge is 0.0449 e. The second-order valence-electron chi connectivity index (χ2n) is 6.52. The Morgan fingerprint density at radius 3 is 2.63 bits per heavy atom. The molecule has 1 aliphatic rings. The van der Waals surface area contributed by atoms with Gasteiger partial charge in [0.1, 0.15) is 0 Å². The van der Waals surface area contributed by atoms with E-state index >= 15 is 0 Å². The van der Waals surface area contributed by atoms with Gasteiger partial charge in [0, 0.05) is 19.1 Å². The lowest BCUT2D eigenvalue weighted by atomic mass is 9.84. The zero-order valence-electron chi connectivity index (χ0n) is 12.7. The van der Waals surface area contributed by atoms with Crippen molar-refractivity contribution in [3.05, 3.63) is 35.9 Å². The molecule has 106 valence electrons. The van der Waals surface area contributed by atoms with Gasteiger partial charge in [0.15, 0.2) is 0 Å². The van der Waals surface area contributed by atoms with Crippen molar-refractivity contribution >= 4 is 0 Å². The molecule has 1 aromatic rings. The van der Waals surface area contributed by atoms with Crippen molar-refractivity contribution in [2.75, 3.05) is 26.2 Å². The van der Waals surface area contributed by atoms with Gasteiger partial charge in [-0.1, -0.05) is 51.1 Å². The van der Waals surface area contributed by atoms with E-state index in [4.69, 9.17) is 0 Å². The first-order chi connectivity index (χ1) is 9.11. The lowest BCUT2D eigenvalue weighted by Gasteiger charge is -2.39. The number of rotatable bonds is 5. The highest BCUT2D eigenvalue weighted by Gasteiger charge is 2.27. The molecule has 0 bridgehead atoms. The summed E-state index contributed by atoms with van der Waals surface area (Å²) in [5.74, 6) is 0. The summed E-state index contributed by atoms with van der Waals surface area (Å²) in [4.78, 5) is 2.63. The highest BCUT2D eigenvalue weighted by molar-refractivity contribution is 5.19. The van der Waals surface area contributed by atoms with Crippen molar-refractivity contribution in [2.45, 2.75) is 39.7 Å². The van der Waals surface area contributed by atoms with E-state index in [9.17, 15) is 0 Å². The molecule has 1 aliphatic heterocycles. The molecule has 0 amide bonds. The molecule has 0 aromatic heterocycles. The molecule has 1 fully saturated rings. The van der Waals surface area contributed by atoms with Crippen LogP contribution in [0.25, 0.3) is 0 Å². The maximum Gasteiger partial charge on any atom is 0.0449 e. The molecule has 1 heterocycles. The monoisotopic (exact) mass is 260 g/mol. The summed E-state index contributed by atoms with van der Waals surface area (Å²) in [6.07, 6.45) is 2.70. The second kappa shape index (κ2) is 6.53. The van der Waals surface area contributed by atoms with Gasteiger partial charge >= 0.3 is 0 Å². The third-order valence-corrected chi connectivity index (χ3v) is 4.07. The van der Waals surface area contributed by atoms with Crippen molar-refractivity contribution < 1.29 is 0 Å². The summed E-state index contributed by atoms with van der Waals surface area (Å²) in [6.45, 7) is 11.6. The molecule has 2 heteroatoms. The number of hydrogen-bond donors (Lipinski definition) is 1. The van der Waals surface area contributed by atoms with E-state index in [1.54, 1.807) is 0 Å². The summed E-state index contributed by atoms with van der Waals surface area (Å²) >= 11 is 0. The second-order valence-corrected chi connectivity index (χ2v) is 6.52. The fourth-order valence-electron chi connectivity index (χ4n) is 3.18. The molecule has 19 heavy (non-hydrogen) atoms. The van der Waals surface area contributed by atoms with Crippen LogP contribution >= 0.6 is 0 Å². The first kappa shape index (κ1) is 14.5. The Morgan fingerprint density at radius 1 is 1.26 bits per heavy atom. The molecule has 1 saturated heterocycles. The maximum absolute atomic E-state index is 3.63. The van der Waals surface area contributed by atoms with Crippen molar-refractivity contribution in [3.63, 3.8) is 0 Å². The van der Waals surface area contributed by atoms with Gasteiger partial charge in [-0.3, -0.25) is 0 Å². The highest BCUT2D eigenvalue weighted by atomic mass is 15.2. The van der Waals surface area contributed by atoms with Crippen molar-refractivity contribution in [3.8, 4) is 0 Å². The van der Waals surface area contributed by atoms with Crippen LogP contribution in [0.4, 0.5) is 0 Å². The van der Waals surface area contributed by atoms with Gasteiger partial charge in [-0.2, -0.15) is 0 Å². The van der Waals surface area contributed by atoms with Gasteiger partial charge in [0.25, 0.3) is 0 Å². The fraction of sp³-hybridized carbons (Fsp3) is 0.647. The van der Waals surface area contributed by atoms with E-state index in [-0.39, 0.29) is 0 Å². The van der Waals surface area contributed by atoms with Gasteiger partial charge in [-0.25, -0.2) is 0 Å². The average molecular weight is 260 g/mol. The Hall–Kier alpha value is -0.860. The summed E-state index contributed by atoms with van der Waals surface area (Å²) in [7, 11) is 0.